The molecule has 1 heterocycles. The molecule has 20 heavy (non-hydrogen) atoms. The topological polar surface area (TPSA) is 60.7 Å². The maximum atomic E-state index is 9.22. The molecule has 0 spiro atoms. The van der Waals surface area contributed by atoms with Gasteiger partial charge < -0.3 is 10.6 Å². The van der Waals surface area contributed by atoms with E-state index in [-0.39, 0.29) is 0 Å². The minimum atomic E-state index is 0.610. The highest BCUT2D eigenvalue weighted by Gasteiger charge is 2.19. The Morgan fingerprint density at radius 1 is 1.25 bits per heavy atom. The molecule has 0 bridgehead atoms. The summed E-state index contributed by atoms with van der Waals surface area (Å²) >= 11 is 0. The van der Waals surface area contributed by atoms with Crippen molar-refractivity contribution >= 4 is 16.7 Å². The Morgan fingerprint density at radius 3 is 2.90 bits per heavy atom. The van der Waals surface area contributed by atoms with E-state index in [4.69, 9.17) is 0 Å². The number of benzene rings is 1. The quantitative estimate of drug-likeness (QED) is 0.789. The second-order valence-electron chi connectivity index (χ2n) is 5.20. The van der Waals surface area contributed by atoms with Crippen molar-refractivity contribution in [1.82, 2.24) is 10.3 Å². The molecule has 3 rings (SSSR count). The van der Waals surface area contributed by atoms with Crippen LogP contribution in [0.1, 0.15) is 24.8 Å². The Hall–Kier alpha value is -2.12. The molecule has 2 N–H and O–H groups in total. The third kappa shape index (κ3) is 3.06. The second kappa shape index (κ2) is 5.89. The number of hydrogen-bond donors (Lipinski definition) is 2. The maximum absolute atomic E-state index is 9.22. The van der Waals surface area contributed by atoms with Crippen LogP contribution in [-0.4, -0.2) is 24.1 Å². The lowest BCUT2D eigenvalue weighted by Crippen LogP contribution is -2.20. The molecular formula is C16H18N4. The lowest BCUT2D eigenvalue weighted by atomic mass is 10.1. The summed E-state index contributed by atoms with van der Waals surface area (Å²) in [7, 11) is 0. The number of aromatic nitrogens is 1. The van der Waals surface area contributed by atoms with Crippen LogP contribution in [0.2, 0.25) is 0 Å². The predicted octanol–water partition coefficient (Wildman–Crippen LogP) is 2.66. The van der Waals surface area contributed by atoms with Crippen LogP contribution >= 0.6 is 0 Å². The molecule has 0 amide bonds. The highest BCUT2D eigenvalue weighted by molar-refractivity contribution is 5.82. The van der Waals surface area contributed by atoms with Crippen molar-refractivity contribution in [2.75, 3.05) is 18.4 Å². The van der Waals surface area contributed by atoms with Gasteiger partial charge in [-0.1, -0.05) is 18.2 Å². The van der Waals surface area contributed by atoms with Crippen molar-refractivity contribution in [3.63, 3.8) is 0 Å². The normalized spacial score (nSPS) is 14.2. The lowest BCUT2D eigenvalue weighted by molar-refractivity contribution is 0.658. The first-order chi connectivity index (χ1) is 9.86. The molecule has 102 valence electrons. The third-order valence-corrected chi connectivity index (χ3v) is 3.50. The van der Waals surface area contributed by atoms with Crippen LogP contribution in [0.3, 0.4) is 0 Å². The number of nitrogens with zero attached hydrogens (tertiary/aromatic N) is 2. The average Bonchev–Trinajstić information content (AvgIpc) is 3.30. The Kier molecular flexibility index (Phi) is 3.80. The maximum Gasteiger partial charge on any atom is 0.144 e. The number of rotatable bonds is 6. The van der Waals surface area contributed by atoms with Gasteiger partial charge in [0.05, 0.1) is 11.1 Å². The molecule has 4 nitrogen and oxygen atoms in total. The number of anilines is 1. The van der Waals surface area contributed by atoms with Gasteiger partial charge in [-0.15, -0.1) is 0 Å². The summed E-state index contributed by atoms with van der Waals surface area (Å²) in [6, 6.07) is 12.7. The Morgan fingerprint density at radius 2 is 2.10 bits per heavy atom. The number of fused-ring (bicyclic) bond motifs is 1. The van der Waals surface area contributed by atoms with Crippen molar-refractivity contribution < 1.29 is 0 Å². The number of nitrogens with one attached hydrogen (secondary N) is 2. The van der Waals surface area contributed by atoms with Crippen molar-refractivity contribution in [3.05, 3.63) is 35.9 Å². The van der Waals surface area contributed by atoms with E-state index >= 15 is 0 Å². The first-order valence-electron chi connectivity index (χ1n) is 7.14. The number of para-hydroxylation sites is 1. The van der Waals surface area contributed by atoms with E-state index in [1.54, 1.807) is 0 Å². The molecule has 0 aliphatic heterocycles. The zero-order valence-corrected chi connectivity index (χ0v) is 11.4. The van der Waals surface area contributed by atoms with Gasteiger partial charge in [-0.3, -0.25) is 0 Å². The minimum Gasteiger partial charge on any atom is -0.369 e. The first-order valence-corrected chi connectivity index (χ1v) is 7.14. The summed E-state index contributed by atoms with van der Waals surface area (Å²) in [5.41, 5.74) is 1.53. The monoisotopic (exact) mass is 266 g/mol. The van der Waals surface area contributed by atoms with Crippen LogP contribution < -0.4 is 10.6 Å². The predicted molar refractivity (Wildman–Crippen MR) is 80.6 cm³/mol. The Bertz CT molecular complexity index is 640. The van der Waals surface area contributed by atoms with Gasteiger partial charge in [0.2, 0.25) is 0 Å². The van der Waals surface area contributed by atoms with E-state index in [0.717, 1.165) is 36.5 Å². The molecule has 1 fully saturated rings. The fourth-order valence-electron chi connectivity index (χ4n) is 2.22. The molecule has 1 aromatic carbocycles. The molecular weight excluding hydrogens is 248 g/mol. The minimum absolute atomic E-state index is 0.610. The first kappa shape index (κ1) is 12.9. The fraction of sp³-hybridized carbons (Fsp3) is 0.375. The van der Waals surface area contributed by atoms with Gasteiger partial charge in [0.15, 0.2) is 0 Å². The molecule has 1 aliphatic rings. The molecule has 1 aromatic heterocycles. The smallest absolute Gasteiger partial charge is 0.144 e. The Balaban J connectivity index is 1.64. The van der Waals surface area contributed by atoms with E-state index in [9.17, 15) is 5.26 Å². The third-order valence-electron chi connectivity index (χ3n) is 3.50. The van der Waals surface area contributed by atoms with Crippen LogP contribution in [0, 0.1) is 11.3 Å². The van der Waals surface area contributed by atoms with Crippen LogP contribution in [0.5, 0.6) is 0 Å². The SMILES string of the molecule is N#Cc1cc2ccccc2nc1NCCCNC1CC1. The molecule has 0 atom stereocenters. The van der Waals surface area contributed by atoms with Crippen molar-refractivity contribution in [1.29, 1.82) is 5.26 Å². The van der Waals surface area contributed by atoms with Gasteiger partial charge in [-0.05, 0) is 37.9 Å². The lowest BCUT2D eigenvalue weighted by Gasteiger charge is -2.09. The number of hydrogen-bond acceptors (Lipinski definition) is 4. The van der Waals surface area contributed by atoms with Gasteiger partial charge in [0.25, 0.3) is 0 Å². The molecule has 2 aromatic rings. The summed E-state index contributed by atoms with van der Waals surface area (Å²) in [4.78, 5) is 4.54. The van der Waals surface area contributed by atoms with E-state index in [2.05, 4.69) is 21.7 Å². The number of pyridine rings is 1. The second-order valence-corrected chi connectivity index (χ2v) is 5.20. The van der Waals surface area contributed by atoms with Gasteiger partial charge in [-0.2, -0.15) is 5.26 Å². The zero-order chi connectivity index (χ0) is 13.8. The van der Waals surface area contributed by atoms with Crippen LogP contribution in [0.15, 0.2) is 30.3 Å². The van der Waals surface area contributed by atoms with Gasteiger partial charge >= 0.3 is 0 Å². The fourth-order valence-corrected chi connectivity index (χ4v) is 2.22. The highest BCUT2D eigenvalue weighted by atomic mass is 15.0. The standard InChI is InChI=1S/C16H18N4/c17-11-13-10-12-4-1-2-5-15(12)20-16(13)19-9-3-8-18-14-6-7-14/h1-2,4-5,10,14,18H,3,6-9H2,(H,19,20). The van der Waals surface area contributed by atoms with Crippen molar-refractivity contribution in [2.24, 2.45) is 0 Å². The molecule has 1 saturated carbocycles. The van der Waals surface area contributed by atoms with E-state index in [0.29, 0.717) is 11.4 Å². The van der Waals surface area contributed by atoms with Gasteiger partial charge in [0.1, 0.15) is 11.9 Å². The molecule has 0 saturated heterocycles. The summed E-state index contributed by atoms with van der Waals surface area (Å²) in [6.45, 7) is 1.85. The largest absolute Gasteiger partial charge is 0.369 e. The van der Waals surface area contributed by atoms with Crippen LogP contribution in [0.4, 0.5) is 5.82 Å². The molecule has 1 aliphatic carbocycles. The van der Waals surface area contributed by atoms with Crippen molar-refractivity contribution in [2.45, 2.75) is 25.3 Å². The zero-order valence-electron chi connectivity index (χ0n) is 11.4. The molecule has 0 unspecified atom stereocenters. The van der Waals surface area contributed by atoms with Gasteiger partial charge in [0, 0.05) is 18.0 Å². The van der Waals surface area contributed by atoms with Gasteiger partial charge in [-0.25, -0.2) is 4.98 Å². The number of nitriles is 1. The van der Waals surface area contributed by atoms with Crippen LogP contribution in [0.25, 0.3) is 10.9 Å². The summed E-state index contributed by atoms with van der Waals surface area (Å²) in [6.07, 6.45) is 3.67. The molecule has 0 radical (unpaired) electrons. The van der Waals surface area contributed by atoms with Crippen LogP contribution in [-0.2, 0) is 0 Å². The van der Waals surface area contributed by atoms with E-state index in [1.807, 2.05) is 30.3 Å². The van der Waals surface area contributed by atoms with E-state index < -0.39 is 0 Å². The highest BCUT2D eigenvalue weighted by Crippen LogP contribution is 2.20. The van der Waals surface area contributed by atoms with Crippen molar-refractivity contribution in [3.8, 4) is 6.07 Å². The molecule has 4 heteroatoms. The average molecular weight is 266 g/mol. The summed E-state index contributed by atoms with van der Waals surface area (Å²) < 4.78 is 0. The Labute approximate surface area is 118 Å². The summed E-state index contributed by atoms with van der Waals surface area (Å²) in [5.74, 6) is 0.692. The van der Waals surface area contributed by atoms with E-state index in [1.165, 1.54) is 12.8 Å². The summed E-state index contributed by atoms with van der Waals surface area (Å²) in [5, 5.41) is 17.0.